The molecule has 0 aliphatic carbocycles. The first-order valence-electron chi connectivity index (χ1n) is 6.46. The zero-order valence-electron chi connectivity index (χ0n) is 12.0. The second-order valence-corrected chi connectivity index (χ2v) is 4.56. The van der Waals surface area contributed by atoms with Crippen molar-refractivity contribution in [3.05, 3.63) is 59.2 Å². The van der Waals surface area contributed by atoms with Crippen LogP contribution >= 0.6 is 0 Å². The lowest BCUT2D eigenvalue weighted by Crippen LogP contribution is -2.08. The third-order valence-electron chi connectivity index (χ3n) is 3.32. The standard InChI is InChI=1S/C17H18O3/c1-12-7-4-5-8-13(12)11-14(18)17-15(19-2)9-6-10-16(17)20-3/h4-10H,11H2,1-3H3. The molecule has 0 amide bonds. The zero-order valence-corrected chi connectivity index (χ0v) is 12.0. The molecule has 0 aliphatic heterocycles. The van der Waals surface area contributed by atoms with E-state index in [0.29, 0.717) is 23.5 Å². The van der Waals surface area contributed by atoms with Crippen molar-refractivity contribution in [2.75, 3.05) is 14.2 Å². The fourth-order valence-corrected chi connectivity index (χ4v) is 2.20. The molecule has 0 bridgehead atoms. The Labute approximate surface area is 119 Å². The fourth-order valence-electron chi connectivity index (χ4n) is 2.20. The summed E-state index contributed by atoms with van der Waals surface area (Å²) in [4.78, 5) is 12.6. The van der Waals surface area contributed by atoms with Crippen LogP contribution < -0.4 is 9.47 Å². The number of carbonyl (C=O) groups is 1. The van der Waals surface area contributed by atoms with Crippen molar-refractivity contribution in [3.8, 4) is 11.5 Å². The normalized spacial score (nSPS) is 10.2. The summed E-state index contributed by atoms with van der Waals surface area (Å²) in [6.45, 7) is 2.00. The van der Waals surface area contributed by atoms with Crippen molar-refractivity contribution in [2.24, 2.45) is 0 Å². The van der Waals surface area contributed by atoms with Gasteiger partial charge in [0.25, 0.3) is 0 Å². The van der Waals surface area contributed by atoms with Gasteiger partial charge in [-0.15, -0.1) is 0 Å². The molecule has 2 rings (SSSR count). The SMILES string of the molecule is COc1cccc(OC)c1C(=O)Cc1ccccc1C. The molecule has 0 unspecified atom stereocenters. The average molecular weight is 270 g/mol. The molecule has 3 nitrogen and oxygen atoms in total. The first kappa shape index (κ1) is 14.1. The van der Waals surface area contributed by atoms with Crippen LogP contribution in [0.4, 0.5) is 0 Å². The Hall–Kier alpha value is -2.29. The first-order chi connectivity index (χ1) is 9.67. The molecule has 0 fully saturated rings. The van der Waals surface area contributed by atoms with Crippen molar-refractivity contribution >= 4 is 5.78 Å². The van der Waals surface area contributed by atoms with Crippen LogP contribution in [0.3, 0.4) is 0 Å². The first-order valence-corrected chi connectivity index (χ1v) is 6.46. The summed E-state index contributed by atoms with van der Waals surface area (Å²) in [6.07, 6.45) is 0.337. The average Bonchev–Trinajstić information content (AvgIpc) is 2.48. The van der Waals surface area contributed by atoms with Crippen molar-refractivity contribution < 1.29 is 14.3 Å². The molecule has 104 valence electrons. The molecule has 2 aromatic carbocycles. The number of benzene rings is 2. The summed E-state index contributed by atoms with van der Waals surface area (Å²) in [7, 11) is 3.11. The Morgan fingerprint density at radius 3 is 2.10 bits per heavy atom. The monoisotopic (exact) mass is 270 g/mol. The molecular weight excluding hydrogens is 252 g/mol. The van der Waals surface area contributed by atoms with Crippen LogP contribution in [0.25, 0.3) is 0 Å². The van der Waals surface area contributed by atoms with Gasteiger partial charge in [0.05, 0.1) is 14.2 Å². The molecule has 2 aromatic rings. The van der Waals surface area contributed by atoms with Gasteiger partial charge >= 0.3 is 0 Å². The predicted octanol–water partition coefficient (Wildman–Crippen LogP) is 3.44. The maximum absolute atomic E-state index is 12.6. The van der Waals surface area contributed by atoms with Gasteiger partial charge in [-0.2, -0.15) is 0 Å². The summed E-state index contributed by atoms with van der Waals surface area (Å²) < 4.78 is 10.6. The molecule has 0 atom stereocenters. The van der Waals surface area contributed by atoms with Gasteiger partial charge in [0.15, 0.2) is 5.78 Å². The topological polar surface area (TPSA) is 35.5 Å². The lowest BCUT2D eigenvalue weighted by Gasteiger charge is -2.12. The van der Waals surface area contributed by atoms with E-state index in [1.54, 1.807) is 26.4 Å². The minimum Gasteiger partial charge on any atom is -0.496 e. The van der Waals surface area contributed by atoms with Crippen LogP contribution in [-0.2, 0) is 6.42 Å². The van der Waals surface area contributed by atoms with Crippen molar-refractivity contribution in [1.82, 2.24) is 0 Å². The third-order valence-corrected chi connectivity index (χ3v) is 3.32. The van der Waals surface area contributed by atoms with Gasteiger partial charge in [0.2, 0.25) is 0 Å². The van der Waals surface area contributed by atoms with Gasteiger partial charge in [-0.3, -0.25) is 4.79 Å². The van der Waals surface area contributed by atoms with Crippen molar-refractivity contribution in [3.63, 3.8) is 0 Å². The minimum absolute atomic E-state index is 0.00593. The van der Waals surface area contributed by atoms with E-state index in [0.717, 1.165) is 11.1 Å². The van der Waals surface area contributed by atoms with E-state index in [4.69, 9.17) is 9.47 Å². The molecule has 20 heavy (non-hydrogen) atoms. The third kappa shape index (κ3) is 2.82. The van der Waals surface area contributed by atoms with Crippen molar-refractivity contribution in [1.29, 1.82) is 0 Å². The number of ketones is 1. The highest BCUT2D eigenvalue weighted by atomic mass is 16.5. The molecule has 0 heterocycles. The number of aryl methyl sites for hydroxylation is 1. The largest absolute Gasteiger partial charge is 0.496 e. The second kappa shape index (κ2) is 6.24. The van der Waals surface area contributed by atoms with E-state index in [9.17, 15) is 4.79 Å². The highest BCUT2D eigenvalue weighted by molar-refractivity contribution is 6.02. The Morgan fingerprint density at radius 1 is 0.950 bits per heavy atom. The van der Waals surface area contributed by atoms with Crippen LogP contribution in [0.15, 0.2) is 42.5 Å². The number of hydrogen-bond donors (Lipinski definition) is 0. The van der Waals surface area contributed by atoms with Gasteiger partial charge in [-0.25, -0.2) is 0 Å². The zero-order chi connectivity index (χ0) is 14.5. The Morgan fingerprint density at radius 2 is 1.55 bits per heavy atom. The summed E-state index contributed by atoms with van der Waals surface area (Å²) in [5.41, 5.74) is 2.63. The van der Waals surface area contributed by atoms with E-state index >= 15 is 0 Å². The molecule has 0 aliphatic rings. The number of rotatable bonds is 5. The van der Waals surface area contributed by atoms with Crippen LogP contribution in [-0.4, -0.2) is 20.0 Å². The highest BCUT2D eigenvalue weighted by Gasteiger charge is 2.18. The van der Waals surface area contributed by atoms with Crippen LogP contribution in [0.1, 0.15) is 21.5 Å². The van der Waals surface area contributed by atoms with Gasteiger partial charge in [-0.1, -0.05) is 30.3 Å². The van der Waals surface area contributed by atoms with E-state index < -0.39 is 0 Å². The Bertz CT molecular complexity index is 595. The molecule has 0 N–H and O–H groups in total. The summed E-state index contributed by atoms with van der Waals surface area (Å²) in [5.74, 6) is 1.08. The van der Waals surface area contributed by atoms with E-state index in [1.165, 1.54) is 0 Å². The maximum Gasteiger partial charge on any atom is 0.174 e. The molecule has 3 heteroatoms. The van der Waals surface area contributed by atoms with Crippen LogP contribution in [0.2, 0.25) is 0 Å². The Kier molecular flexibility index (Phi) is 4.41. The molecule has 0 spiro atoms. The molecular formula is C17H18O3. The quantitative estimate of drug-likeness (QED) is 0.781. The maximum atomic E-state index is 12.6. The van der Waals surface area contributed by atoms with E-state index in [-0.39, 0.29) is 5.78 Å². The van der Waals surface area contributed by atoms with Crippen molar-refractivity contribution in [2.45, 2.75) is 13.3 Å². The van der Waals surface area contributed by atoms with E-state index in [1.807, 2.05) is 37.3 Å². The fraction of sp³-hybridized carbons (Fsp3) is 0.235. The van der Waals surface area contributed by atoms with Gasteiger partial charge in [0.1, 0.15) is 17.1 Å². The molecule has 0 saturated heterocycles. The van der Waals surface area contributed by atoms with Gasteiger partial charge in [0, 0.05) is 6.42 Å². The number of carbonyl (C=O) groups excluding carboxylic acids is 1. The second-order valence-electron chi connectivity index (χ2n) is 4.56. The number of Topliss-reactive ketones (excluding diaryl/α,β-unsaturated/α-hetero) is 1. The minimum atomic E-state index is -0.00593. The number of ether oxygens (including phenoxy) is 2. The highest BCUT2D eigenvalue weighted by Crippen LogP contribution is 2.29. The van der Waals surface area contributed by atoms with E-state index in [2.05, 4.69) is 0 Å². The number of methoxy groups -OCH3 is 2. The summed E-state index contributed by atoms with van der Waals surface area (Å²) >= 11 is 0. The predicted molar refractivity (Wildman–Crippen MR) is 78.8 cm³/mol. The smallest absolute Gasteiger partial charge is 0.174 e. The molecule has 0 aromatic heterocycles. The van der Waals surface area contributed by atoms with Crippen LogP contribution in [0.5, 0.6) is 11.5 Å². The van der Waals surface area contributed by atoms with Gasteiger partial charge in [-0.05, 0) is 30.2 Å². The number of hydrogen-bond acceptors (Lipinski definition) is 3. The lowest BCUT2D eigenvalue weighted by molar-refractivity contribution is 0.0986. The summed E-state index contributed by atoms with van der Waals surface area (Å²) in [6, 6.07) is 13.2. The summed E-state index contributed by atoms with van der Waals surface area (Å²) in [5, 5.41) is 0. The lowest BCUT2D eigenvalue weighted by atomic mass is 9.98. The van der Waals surface area contributed by atoms with Crippen LogP contribution in [0, 0.1) is 6.92 Å². The van der Waals surface area contributed by atoms with Gasteiger partial charge < -0.3 is 9.47 Å². The molecule has 0 saturated carbocycles. The molecule has 0 radical (unpaired) electrons. The Balaban J connectivity index is 2.36.